The second kappa shape index (κ2) is 10.4. The lowest BCUT2D eigenvalue weighted by atomic mass is 9.92. The molecule has 5 nitrogen and oxygen atoms in total. The van der Waals surface area contributed by atoms with Gasteiger partial charge in [0.05, 0.1) is 18.2 Å². The van der Waals surface area contributed by atoms with Crippen molar-refractivity contribution in [3.8, 4) is 5.75 Å². The minimum atomic E-state index is -0.677. The van der Waals surface area contributed by atoms with E-state index in [-0.39, 0.29) is 24.3 Å². The Balaban J connectivity index is 1.69. The lowest BCUT2D eigenvalue weighted by Gasteiger charge is -2.29. The van der Waals surface area contributed by atoms with Crippen molar-refractivity contribution < 1.29 is 19.4 Å². The topological polar surface area (TPSA) is 66.8 Å². The van der Waals surface area contributed by atoms with E-state index in [2.05, 4.69) is 0 Å². The molecular weight excluding hydrogens is 450 g/mol. The van der Waals surface area contributed by atoms with Crippen LogP contribution in [0.4, 0.5) is 0 Å². The Morgan fingerprint density at radius 2 is 1.67 bits per heavy atom. The summed E-state index contributed by atoms with van der Waals surface area (Å²) in [5, 5.41) is 11.0. The number of ketones is 1. The van der Waals surface area contributed by atoms with E-state index in [1.54, 1.807) is 4.90 Å². The van der Waals surface area contributed by atoms with Gasteiger partial charge in [0.2, 0.25) is 0 Å². The fourth-order valence-corrected chi connectivity index (χ4v) is 4.57. The van der Waals surface area contributed by atoms with Crippen LogP contribution in [0.25, 0.3) is 0 Å². The number of rotatable bonds is 8. The molecule has 1 amide bonds. The quantitative estimate of drug-likeness (QED) is 0.410. The van der Waals surface area contributed by atoms with Gasteiger partial charge in [-0.2, -0.15) is 0 Å². The van der Waals surface area contributed by atoms with Gasteiger partial charge in [-0.25, -0.2) is 0 Å². The van der Waals surface area contributed by atoms with Gasteiger partial charge in [-0.1, -0.05) is 78.4 Å². The van der Waals surface area contributed by atoms with E-state index < -0.39 is 23.3 Å². The molecule has 3 aromatic carbocycles. The zero-order valence-electron chi connectivity index (χ0n) is 21.3. The molecule has 1 atom stereocenters. The van der Waals surface area contributed by atoms with Gasteiger partial charge in [0.25, 0.3) is 5.91 Å². The third-order valence-electron chi connectivity index (χ3n) is 6.17. The molecule has 0 aromatic heterocycles. The fourth-order valence-electron chi connectivity index (χ4n) is 4.57. The van der Waals surface area contributed by atoms with Crippen molar-refractivity contribution in [2.75, 3.05) is 0 Å². The van der Waals surface area contributed by atoms with E-state index >= 15 is 0 Å². The fraction of sp³-hybridized carbons (Fsp3) is 0.290. The number of benzene rings is 3. The first-order chi connectivity index (χ1) is 17.1. The van der Waals surface area contributed by atoms with Crippen molar-refractivity contribution in [2.24, 2.45) is 0 Å². The maximum absolute atomic E-state index is 13.5. The Kier molecular flexibility index (Phi) is 7.30. The molecule has 0 saturated heterocycles. The number of para-hydroxylation sites is 1. The van der Waals surface area contributed by atoms with E-state index in [0.717, 1.165) is 22.3 Å². The molecule has 0 radical (unpaired) electrons. The van der Waals surface area contributed by atoms with Gasteiger partial charge in [-0.05, 0) is 51.3 Å². The molecule has 1 heterocycles. The van der Waals surface area contributed by atoms with Crippen LogP contribution in [0.3, 0.4) is 0 Å². The van der Waals surface area contributed by atoms with Crippen LogP contribution < -0.4 is 4.74 Å². The highest BCUT2D eigenvalue weighted by atomic mass is 16.5. The minimum absolute atomic E-state index is 0.163. The lowest BCUT2D eigenvalue weighted by Crippen LogP contribution is -2.31. The molecule has 0 bridgehead atoms. The summed E-state index contributed by atoms with van der Waals surface area (Å²) in [7, 11) is 0. The molecule has 0 spiro atoms. The zero-order valence-corrected chi connectivity index (χ0v) is 21.3. The molecule has 0 fully saturated rings. The molecule has 0 saturated carbocycles. The second-order valence-electron chi connectivity index (χ2n) is 10.2. The maximum Gasteiger partial charge on any atom is 0.290 e. The monoisotopic (exact) mass is 483 g/mol. The molecule has 1 aliphatic heterocycles. The second-order valence-corrected chi connectivity index (χ2v) is 10.2. The van der Waals surface area contributed by atoms with Crippen LogP contribution in [0, 0.1) is 6.92 Å². The maximum atomic E-state index is 13.5. The summed E-state index contributed by atoms with van der Waals surface area (Å²) in [4.78, 5) is 28.4. The largest absolute Gasteiger partial charge is 0.503 e. The predicted molar refractivity (Wildman–Crippen MR) is 141 cm³/mol. The van der Waals surface area contributed by atoms with Crippen molar-refractivity contribution in [3.05, 3.63) is 112 Å². The van der Waals surface area contributed by atoms with Gasteiger partial charge >= 0.3 is 0 Å². The van der Waals surface area contributed by atoms with Gasteiger partial charge < -0.3 is 14.7 Å². The van der Waals surface area contributed by atoms with Gasteiger partial charge in [-0.15, -0.1) is 0 Å². The summed E-state index contributed by atoms with van der Waals surface area (Å²) < 4.78 is 6.15. The summed E-state index contributed by atoms with van der Waals surface area (Å²) in [5.41, 5.74) is 3.40. The van der Waals surface area contributed by atoms with Gasteiger partial charge in [0, 0.05) is 12.0 Å². The summed E-state index contributed by atoms with van der Waals surface area (Å²) >= 11 is 0. The summed E-state index contributed by atoms with van der Waals surface area (Å²) in [6.45, 7) is 8.08. The van der Waals surface area contributed by atoms with E-state index in [0.29, 0.717) is 12.2 Å². The Bertz CT molecular complexity index is 1290. The molecule has 1 N–H and O–H groups in total. The van der Waals surface area contributed by atoms with Crippen molar-refractivity contribution in [3.63, 3.8) is 0 Å². The predicted octanol–water partition coefficient (Wildman–Crippen LogP) is 6.27. The molecule has 4 rings (SSSR count). The van der Waals surface area contributed by atoms with Crippen LogP contribution in [0.15, 0.2) is 90.2 Å². The Morgan fingerprint density at radius 1 is 0.972 bits per heavy atom. The lowest BCUT2D eigenvalue weighted by molar-refractivity contribution is -0.130. The van der Waals surface area contributed by atoms with E-state index in [1.807, 2.05) is 107 Å². The average molecular weight is 484 g/mol. The zero-order chi connectivity index (χ0) is 25.9. The molecule has 1 aliphatic rings. The molecule has 0 aliphatic carbocycles. The molecule has 5 heteroatoms. The number of nitrogens with zero attached hydrogens (tertiary/aromatic N) is 1. The first kappa shape index (κ1) is 25.2. The van der Waals surface area contributed by atoms with Gasteiger partial charge in [0.15, 0.2) is 11.5 Å². The van der Waals surface area contributed by atoms with Crippen LogP contribution in [-0.2, 0) is 22.6 Å². The molecular formula is C31H33NO4. The average Bonchev–Trinajstić information content (AvgIpc) is 3.08. The minimum Gasteiger partial charge on any atom is -0.503 e. The van der Waals surface area contributed by atoms with Gasteiger partial charge in [0.1, 0.15) is 11.4 Å². The first-order valence-corrected chi connectivity index (χ1v) is 12.3. The number of Topliss-reactive ketones (excluding diaryl/α,β-unsaturated/α-hetero) is 1. The highest BCUT2D eigenvalue weighted by molar-refractivity contribution is 6.09. The van der Waals surface area contributed by atoms with Crippen LogP contribution >= 0.6 is 0 Å². The number of aliphatic hydroxyl groups excluding tert-OH is 1. The Labute approximate surface area is 213 Å². The summed E-state index contributed by atoms with van der Waals surface area (Å²) in [6, 6.07) is 24.4. The SMILES string of the molecule is Cc1cccc(C2C(C(=O)CCc3ccccc3)=C(O)C(=O)N2Cc2ccccc2OC(C)(C)C)c1. The van der Waals surface area contributed by atoms with E-state index in [4.69, 9.17) is 4.74 Å². The number of aliphatic hydroxyl groups is 1. The standard InChI is InChI=1S/C31H33NO4/c1-21-11-10-15-23(19-21)28-27(25(33)18-17-22-12-6-5-7-13-22)29(34)30(35)32(28)20-24-14-8-9-16-26(24)36-31(2,3)4/h5-16,19,28,34H,17-18,20H2,1-4H3. The first-order valence-electron chi connectivity index (χ1n) is 12.3. The number of carbonyl (C=O) groups excluding carboxylic acids is 2. The number of hydrogen-bond acceptors (Lipinski definition) is 4. The Hall–Kier alpha value is -3.86. The van der Waals surface area contributed by atoms with Crippen LogP contribution in [0.2, 0.25) is 0 Å². The number of amides is 1. The van der Waals surface area contributed by atoms with Crippen LogP contribution in [0.1, 0.15) is 55.5 Å². The van der Waals surface area contributed by atoms with Crippen molar-refractivity contribution >= 4 is 11.7 Å². The van der Waals surface area contributed by atoms with E-state index in [9.17, 15) is 14.7 Å². The molecule has 1 unspecified atom stereocenters. The number of aryl methyl sites for hydroxylation is 2. The Morgan fingerprint density at radius 3 is 2.36 bits per heavy atom. The van der Waals surface area contributed by atoms with Crippen LogP contribution in [-0.4, -0.2) is 27.3 Å². The molecule has 3 aromatic rings. The third-order valence-corrected chi connectivity index (χ3v) is 6.17. The van der Waals surface area contributed by atoms with Crippen molar-refractivity contribution in [2.45, 2.75) is 58.7 Å². The van der Waals surface area contributed by atoms with Crippen molar-refractivity contribution in [1.82, 2.24) is 4.90 Å². The highest BCUT2D eigenvalue weighted by Crippen LogP contribution is 2.40. The normalized spacial score (nSPS) is 15.9. The number of hydrogen-bond donors (Lipinski definition) is 1. The summed E-state index contributed by atoms with van der Waals surface area (Å²) in [5.74, 6) is -0.564. The van der Waals surface area contributed by atoms with E-state index in [1.165, 1.54) is 0 Å². The van der Waals surface area contributed by atoms with Crippen LogP contribution in [0.5, 0.6) is 5.75 Å². The summed E-state index contributed by atoms with van der Waals surface area (Å²) in [6.07, 6.45) is 0.740. The number of carbonyl (C=O) groups is 2. The molecule has 36 heavy (non-hydrogen) atoms. The number of ether oxygens (including phenoxy) is 1. The van der Waals surface area contributed by atoms with Crippen molar-refractivity contribution in [1.29, 1.82) is 0 Å². The smallest absolute Gasteiger partial charge is 0.290 e. The molecule has 186 valence electrons. The third kappa shape index (κ3) is 5.68. The van der Waals surface area contributed by atoms with Gasteiger partial charge in [-0.3, -0.25) is 9.59 Å². The highest BCUT2D eigenvalue weighted by Gasteiger charge is 2.43.